The first-order valence-electron chi connectivity index (χ1n) is 10.8. The van der Waals surface area contributed by atoms with Gasteiger partial charge in [-0.3, -0.25) is 9.69 Å². The van der Waals surface area contributed by atoms with Gasteiger partial charge in [0, 0.05) is 31.7 Å². The van der Waals surface area contributed by atoms with Crippen LogP contribution in [0.4, 0.5) is 0 Å². The lowest BCUT2D eigenvalue weighted by molar-refractivity contribution is 0.0602. The molecule has 4 aromatic rings. The van der Waals surface area contributed by atoms with Crippen LogP contribution in [0.2, 0.25) is 0 Å². The number of carbonyl (C=O) groups is 1. The van der Waals surface area contributed by atoms with Gasteiger partial charge in [0.15, 0.2) is 0 Å². The molecule has 1 aliphatic heterocycles. The molecule has 3 aromatic carbocycles. The molecule has 5 rings (SSSR count). The second-order valence-corrected chi connectivity index (χ2v) is 8.62. The van der Waals surface area contributed by atoms with Crippen LogP contribution in [-0.2, 0) is 0 Å². The van der Waals surface area contributed by atoms with Gasteiger partial charge in [0.25, 0.3) is 5.91 Å². The van der Waals surface area contributed by atoms with Crippen LogP contribution < -0.4 is 0 Å². The third-order valence-electron chi connectivity index (χ3n) is 5.93. The lowest BCUT2D eigenvalue weighted by Gasteiger charge is -2.39. The lowest BCUT2D eigenvalue weighted by Crippen LogP contribution is -2.49. The Morgan fingerprint density at radius 3 is 1.84 bits per heavy atom. The first kappa shape index (κ1) is 20.5. The SMILES string of the molecule is O=C(c1snnc1-c1ccccc1)N1CCN(C(c2ccccc2)c2ccccc2)CC1. The average molecular weight is 441 g/mol. The molecule has 1 aliphatic rings. The standard InChI is InChI=1S/C26H24N4OS/c31-26(25-23(27-28-32-25)20-10-4-1-5-11-20)30-18-16-29(17-19-30)24(21-12-6-2-7-13-21)22-14-8-3-9-15-22/h1-15,24H,16-19H2. The lowest BCUT2D eigenvalue weighted by atomic mass is 9.96. The van der Waals surface area contributed by atoms with E-state index >= 15 is 0 Å². The van der Waals surface area contributed by atoms with Gasteiger partial charge in [0.2, 0.25) is 0 Å². The van der Waals surface area contributed by atoms with Crippen LogP contribution in [0, 0.1) is 0 Å². The summed E-state index contributed by atoms with van der Waals surface area (Å²) in [5, 5.41) is 4.24. The fourth-order valence-electron chi connectivity index (χ4n) is 4.33. The van der Waals surface area contributed by atoms with Gasteiger partial charge >= 0.3 is 0 Å². The molecule has 0 unspecified atom stereocenters. The predicted octanol–water partition coefficient (Wildman–Crippen LogP) is 4.75. The molecule has 0 aliphatic carbocycles. The Kier molecular flexibility index (Phi) is 6.05. The van der Waals surface area contributed by atoms with Crippen LogP contribution in [0.3, 0.4) is 0 Å². The number of hydrogen-bond acceptors (Lipinski definition) is 5. The zero-order valence-electron chi connectivity index (χ0n) is 17.7. The first-order valence-corrected chi connectivity index (χ1v) is 11.6. The second-order valence-electron chi connectivity index (χ2n) is 7.87. The fraction of sp³-hybridized carbons (Fsp3) is 0.192. The second kappa shape index (κ2) is 9.42. The van der Waals surface area contributed by atoms with Crippen molar-refractivity contribution in [1.29, 1.82) is 0 Å². The number of nitrogens with zero attached hydrogens (tertiary/aromatic N) is 4. The van der Waals surface area contributed by atoms with Gasteiger partial charge in [-0.1, -0.05) is 95.5 Å². The molecule has 1 aromatic heterocycles. The van der Waals surface area contributed by atoms with Crippen molar-refractivity contribution >= 4 is 17.4 Å². The molecule has 1 fully saturated rings. The van der Waals surface area contributed by atoms with Gasteiger partial charge in [-0.05, 0) is 22.7 Å². The average Bonchev–Trinajstić information content (AvgIpc) is 3.36. The largest absolute Gasteiger partial charge is 0.335 e. The van der Waals surface area contributed by atoms with E-state index in [9.17, 15) is 4.79 Å². The van der Waals surface area contributed by atoms with Crippen LogP contribution in [0.1, 0.15) is 26.8 Å². The van der Waals surface area contributed by atoms with E-state index in [1.807, 2.05) is 35.2 Å². The molecule has 0 N–H and O–H groups in total. The Labute approximate surface area is 192 Å². The van der Waals surface area contributed by atoms with E-state index in [0.717, 1.165) is 18.7 Å². The van der Waals surface area contributed by atoms with E-state index < -0.39 is 0 Å². The number of amides is 1. The first-order chi connectivity index (χ1) is 15.8. The summed E-state index contributed by atoms with van der Waals surface area (Å²) < 4.78 is 4.07. The Morgan fingerprint density at radius 2 is 1.28 bits per heavy atom. The summed E-state index contributed by atoms with van der Waals surface area (Å²) in [6.45, 7) is 2.99. The fourth-order valence-corrected chi connectivity index (χ4v) is 4.98. The zero-order chi connectivity index (χ0) is 21.8. The van der Waals surface area contributed by atoms with Crippen molar-refractivity contribution in [3.8, 4) is 11.3 Å². The van der Waals surface area contributed by atoms with Crippen molar-refractivity contribution < 1.29 is 4.79 Å². The molecular formula is C26H24N4OS. The topological polar surface area (TPSA) is 49.3 Å². The number of rotatable bonds is 5. The molecule has 0 spiro atoms. The highest BCUT2D eigenvalue weighted by Crippen LogP contribution is 2.30. The molecule has 1 amide bonds. The van der Waals surface area contributed by atoms with Crippen molar-refractivity contribution in [3.63, 3.8) is 0 Å². The minimum atomic E-state index is 0.0227. The van der Waals surface area contributed by atoms with Crippen molar-refractivity contribution in [2.45, 2.75) is 6.04 Å². The minimum Gasteiger partial charge on any atom is -0.335 e. The highest BCUT2D eigenvalue weighted by Gasteiger charge is 2.30. The van der Waals surface area contributed by atoms with Crippen molar-refractivity contribution in [3.05, 3.63) is 107 Å². The smallest absolute Gasteiger partial charge is 0.267 e. The number of benzene rings is 3. The summed E-state index contributed by atoms with van der Waals surface area (Å²) in [4.78, 5) is 18.3. The third-order valence-corrected chi connectivity index (χ3v) is 6.64. The minimum absolute atomic E-state index is 0.0227. The van der Waals surface area contributed by atoms with Gasteiger partial charge in [0.1, 0.15) is 10.6 Å². The third kappa shape index (κ3) is 4.20. The predicted molar refractivity (Wildman–Crippen MR) is 128 cm³/mol. The van der Waals surface area contributed by atoms with Gasteiger partial charge in [-0.25, -0.2) is 0 Å². The summed E-state index contributed by atoms with van der Waals surface area (Å²) >= 11 is 1.18. The summed E-state index contributed by atoms with van der Waals surface area (Å²) in [6.07, 6.45) is 0. The maximum absolute atomic E-state index is 13.3. The number of aromatic nitrogens is 2. The van der Waals surface area contributed by atoms with E-state index in [4.69, 9.17) is 0 Å². The summed E-state index contributed by atoms with van der Waals surface area (Å²) in [5.41, 5.74) is 4.15. The van der Waals surface area contributed by atoms with E-state index in [1.54, 1.807) is 0 Å². The van der Waals surface area contributed by atoms with E-state index in [1.165, 1.54) is 22.7 Å². The van der Waals surface area contributed by atoms with Crippen LogP contribution in [0.25, 0.3) is 11.3 Å². The van der Waals surface area contributed by atoms with Crippen molar-refractivity contribution in [1.82, 2.24) is 19.4 Å². The van der Waals surface area contributed by atoms with Crippen LogP contribution >= 0.6 is 11.5 Å². The Hall–Kier alpha value is -3.35. The molecule has 1 saturated heterocycles. The molecule has 0 saturated carbocycles. The van der Waals surface area contributed by atoms with E-state index in [-0.39, 0.29) is 11.9 Å². The van der Waals surface area contributed by atoms with Crippen molar-refractivity contribution in [2.24, 2.45) is 0 Å². The number of hydrogen-bond donors (Lipinski definition) is 0. The van der Waals surface area contributed by atoms with E-state index in [0.29, 0.717) is 23.7 Å². The Balaban J connectivity index is 1.34. The van der Waals surface area contributed by atoms with Gasteiger partial charge < -0.3 is 4.90 Å². The van der Waals surface area contributed by atoms with Gasteiger partial charge in [-0.2, -0.15) is 0 Å². The van der Waals surface area contributed by atoms with Crippen LogP contribution in [-0.4, -0.2) is 51.5 Å². The van der Waals surface area contributed by atoms with Crippen molar-refractivity contribution in [2.75, 3.05) is 26.2 Å². The molecule has 0 bridgehead atoms. The molecule has 6 heteroatoms. The van der Waals surface area contributed by atoms with Gasteiger partial charge in [-0.15, -0.1) is 5.10 Å². The van der Waals surface area contributed by atoms with Crippen LogP contribution in [0.15, 0.2) is 91.0 Å². The molecule has 0 radical (unpaired) electrons. The van der Waals surface area contributed by atoms with Gasteiger partial charge in [0.05, 0.1) is 6.04 Å². The van der Waals surface area contributed by atoms with E-state index in [2.05, 4.69) is 75.2 Å². The highest BCUT2D eigenvalue weighted by atomic mass is 32.1. The summed E-state index contributed by atoms with van der Waals surface area (Å²) in [5.74, 6) is 0.0227. The number of carbonyl (C=O) groups excluding carboxylic acids is 1. The maximum Gasteiger partial charge on any atom is 0.267 e. The number of piperazine rings is 1. The zero-order valence-corrected chi connectivity index (χ0v) is 18.5. The highest BCUT2D eigenvalue weighted by molar-refractivity contribution is 7.08. The summed E-state index contributed by atoms with van der Waals surface area (Å²) in [6, 6.07) is 31.2. The Morgan fingerprint density at radius 1 is 0.750 bits per heavy atom. The monoisotopic (exact) mass is 440 g/mol. The van der Waals surface area contributed by atoms with Crippen LogP contribution in [0.5, 0.6) is 0 Å². The summed E-state index contributed by atoms with van der Waals surface area (Å²) in [7, 11) is 0. The molecule has 2 heterocycles. The molecule has 0 atom stereocenters. The molecule has 5 nitrogen and oxygen atoms in total. The molecular weight excluding hydrogens is 416 g/mol. The normalized spacial score (nSPS) is 14.6. The Bertz CT molecular complexity index is 1120. The maximum atomic E-state index is 13.3. The molecule has 160 valence electrons. The molecule has 32 heavy (non-hydrogen) atoms. The quantitative estimate of drug-likeness (QED) is 0.449.